The van der Waals surface area contributed by atoms with Crippen molar-refractivity contribution >= 4 is 21.6 Å². The number of halogens is 1. The zero-order valence-corrected chi connectivity index (χ0v) is 13.8. The monoisotopic (exact) mass is 338 g/mol. The highest BCUT2D eigenvalue weighted by Gasteiger charge is 2.25. The van der Waals surface area contributed by atoms with E-state index in [4.69, 9.17) is 4.74 Å². The Morgan fingerprint density at radius 2 is 1.95 bits per heavy atom. The topological polar surface area (TPSA) is 24.5 Å². The summed E-state index contributed by atoms with van der Waals surface area (Å²) in [5, 5.41) is 3.62. The van der Waals surface area contributed by atoms with Crippen LogP contribution in [0.2, 0.25) is 0 Å². The number of hydrogen-bond acceptors (Lipinski definition) is 3. The molecule has 2 aliphatic rings. The first kappa shape index (κ1) is 14.4. The molecule has 0 radical (unpaired) electrons. The Kier molecular flexibility index (Phi) is 4.34. The van der Waals surface area contributed by atoms with Gasteiger partial charge in [0.15, 0.2) is 0 Å². The van der Waals surface area contributed by atoms with Gasteiger partial charge in [0.05, 0.1) is 12.2 Å². The van der Waals surface area contributed by atoms with E-state index in [0.29, 0.717) is 12.2 Å². The third-order valence-corrected chi connectivity index (χ3v) is 4.45. The van der Waals surface area contributed by atoms with Crippen molar-refractivity contribution in [1.29, 1.82) is 0 Å². The first-order chi connectivity index (χ1) is 9.61. The first-order valence-corrected chi connectivity index (χ1v) is 8.33. The number of rotatable bonds is 4. The van der Waals surface area contributed by atoms with E-state index >= 15 is 0 Å². The minimum Gasteiger partial charge on any atom is -0.372 e. The van der Waals surface area contributed by atoms with Gasteiger partial charge in [-0.05, 0) is 50.5 Å². The molecule has 0 spiro atoms. The lowest BCUT2D eigenvalue weighted by Crippen LogP contribution is -2.46. The predicted octanol–water partition coefficient (Wildman–Crippen LogP) is 3.31. The molecule has 0 bridgehead atoms. The average molecular weight is 339 g/mol. The van der Waals surface area contributed by atoms with Crippen molar-refractivity contribution in [3.8, 4) is 0 Å². The Morgan fingerprint density at radius 3 is 2.60 bits per heavy atom. The molecule has 0 amide bonds. The van der Waals surface area contributed by atoms with Gasteiger partial charge < -0.3 is 15.0 Å². The number of ether oxygens (including phenoxy) is 1. The summed E-state index contributed by atoms with van der Waals surface area (Å²) in [4.78, 5) is 2.47. The summed E-state index contributed by atoms with van der Waals surface area (Å²) in [7, 11) is 0. The molecule has 0 unspecified atom stereocenters. The van der Waals surface area contributed by atoms with Crippen LogP contribution in [0.4, 0.5) is 5.69 Å². The molecule has 0 aromatic heterocycles. The molecule has 1 aliphatic carbocycles. The lowest BCUT2D eigenvalue weighted by Gasteiger charge is -2.38. The van der Waals surface area contributed by atoms with Gasteiger partial charge in [0, 0.05) is 35.8 Å². The van der Waals surface area contributed by atoms with Crippen LogP contribution in [0.25, 0.3) is 0 Å². The molecule has 1 saturated carbocycles. The van der Waals surface area contributed by atoms with Crippen LogP contribution in [-0.4, -0.2) is 31.3 Å². The second-order valence-electron chi connectivity index (χ2n) is 6.09. The molecule has 1 heterocycles. The van der Waals surface area contributed by atoms with E-state index < -0.39 is 0 Å². The van der Waals surface area contributed by atoms with Crippen molar-refractivity contribution < 1.29 is 4.74 Å². The van der Waals surface area contributed by atoms with Gasteiger partial charge in [-0.2, -0.15) is 0 Å². The number of nitrogens with one attached hydrogen (secondary N) is 1. The molecule has 1 aliphatic heterocycles. The van der Waals surface area contributed by atoms with Crippen molar-refractivity contribution in [2.24, 2.45) is 0 Å². The van der Waals surface area contributed by atoms with Gasteiger partial charge in [0.25, 0.3) is 0 Å². The minimum atomic E-state index is 0.298. The van der Waals surface area contributed by atoms with E-state index in [-0.39, 0.29) is 0 Å². The van der Waals surface area contributed by atoms with Crippen molar-refractivity contribution in [3.05, 3.63) is 28.2 Å². The van der Waals surface area contributed by atoms with Crippen molar-refractivity contribution in [2.45, 2.75) is 51.5 Å². The third-order valence-electron chi connectivity index (χ3n) is 3.96. The van der Waals surface area contributed by atoms with Crippen molar-refractivity contribution in [1.82, 2.24) is 5.32 Å². The third kappa shape index (κ3) is 3.54. The summed E-state index contributed by atoms with van der Waals surface area (Å²) in [6.45, 7) is 7.22. The van der Waals surface area contributed by atoms with Gasteiger partial charge in [-0.15, -0.1) is 0 Å². The molecular formula is C16H23BrN2O. The molecular weight excluding hydrogens is 316 g/mol. The van der Waals surface area contributed by atoms with E-state index in [9.17, 15) is 0 Å². The standard InChI is InChI=1S/C16H23BrN2O/c1-11-9-19(10-12(2)20-11)16-6-3-14(17)7-13(16)8-18-15-4-5-15/h3,6-7,11-12,15,18H,4-5,8-10H2,1-2H3/t11-,12+. The normalized spacial score (nSPS) is 26.9. The smallest absolute Gasteiger partial charge is 0.0726 e. The number of anilines is 1. The van der Waals surface area contributed by atoms with Crippen LogP contribution in [0.15, 0.2) is 22.7 Å². The summed E-state index contributed by atoms with van der Waals surface area (Å²) in [6.07, 6.45) is 3.25. The van der Waals surface area contributed by atoms with Crippen molar-refractivity contribution in [3.63, 3.8) is 0 Å². The zero-order chi connectivity index (χ0) is 14.1. The Balaban J connectivity index is 1.79. The van der Waals surface area contributed by atoms with Crippen LogP contribution in [0, 0.1) is 0 Å². The van der Waals surface area contributed by atoms with Gasteiger partial charge in [0.1, 0.15) is 0 Å². The molecule has 20 heavy (non-hydrogen) atoms. The van der Waals surface area contributed by atoms with E-state index in [0.717, 1.165) is 30.1 Å². The zero-order valence-electron chi connectivity index (χ0n) is 12.2. The lowest BCUT2D eigenvalue weighted by molar-refractivity contribution is -0.00526. The Morgan fingerprint density at radius 1 is 1.25 bits per heavy atom. The summed E-state index contributed by atoms with van der Waals surface area (Å²) in [5.41, 5.74) is 2.73. The molecule has 1 aromatic rings. The summed E-state index contributed by atoms with van der Waals surface area (Å²) >= 11 is 3.60. The maximum atomic E-state index is 5.84. The minimum absolute atomic E-state index is 0.298. The Labute approximate surface area is 129 Å². The molecule has 110 valence electrons. The predicted molar refractivity (Wildman–Crippen MR) is 86.2 cm³/mol. The number of morpholine rings is 1. The van der Waals surface area contributed by atoms with Gasteiger partial charge in [-0.25, -0.2) is 0 Å². The van der Waals surface area contributed by atoms with E-state index in [1.807, 2.05) is 0 Å². The van der Waals surface area contributed by atoms with Crippen LogP contribution in [0.1, 0.15) is 32.3 Å². The van der Waals surface area contributed by atoms with E-state index in [1.54, 1.807) is 0 Å². The van der Waals surface area contributed by atoms with Crippen LogP contribution in [0.5, 0.6) is 0 Å². The van der Waals surface area contributed by atoms with Crippen LogP contribution >= 0.6 is 15.9 Å². The summed E-state index contributed by atoms with van der Waals surface area (Å²) < 4.78 is 7.00. The number of hydrogen-bond donors (Lipinski definition) is 1. The molecule has 2 atom stereocenters. The molecule has 3 nitrogen and oxygen atoms in total. The fourth-order valence-corrected chi connectivity index (χ4v) is 3.33. The molecule has 4 heteroatoms. The van der Waals surface area contributed by atoms with Crippen molar-refractivity contribution in [2.75, 3.05) is 18.0 Å². The quantitative estimate of drug-likeness (QED) is 0.911. The van der Waals surface area contributed by atoms with E-state index in [1.165, 1.54) is 24.1 Å². The average Bonchev–Trinajstić information content (AvgIpc) is 3.19. The first-order valence-electron chi connectivity index (χ1n) is 7.54. The highest BCUT2D eigenvalue weighted by Crippen LogP contribution is 2.28. The highest BCUT2D eigenvalue weighted by molar-refractivity contribution is 9.10. The maximum Gasteiger partial charge on any atom is 0.0726 e. The SMILES string of the molecule is C[C@@H]1CN(c2ccc(Br)cc2CNC2CC2)C[C@H](C)O1. The fourth-order valence-electron chi connectivity index (χ4n) is 2.92. The summed E-state index contributed by atoms with van der Waals surface area (Å²) in [5.74, 6) is 0. The fraction of sp³-hybridized carbons (Fsp3) is 0.625. The Bertz CT molecular complexity index is 466. The van der Waals surface area contributed by atoms with Gasteiger partial charge in [0.2, 0.25) is 0 Å². The van der Waals surface area contributed by atoms with E-state index in [2.05, 4.69) is 58.2 Å². The second-order valence-corrected chi connectivity index (χ2v) is 7.01. The highest BCUT2D eigenvalue weighted by atomic mass is 79.9. The molecule has 1 N–H and O–H groups in total. The molecule has 3 rings (SSSR count). The molecule has 2 fully saturated rings. The largest absolute Gasteiger partial charge is 0.372 e. The van der Waals surface area contributed by atoms with Gasteiger partial charge >= 0.3 is 0 Å². The van der Waals surface area contributed by atoms with Gasteiger partial charge in [-0.1, -0.05) is 15.9 Å². The molecule has 1 aromatic carbocycles. The number of nitrogens with zero attached hydrogens (tertiary/aromatic N) is 1. The van der Waals surface area contributed by atoms with Crippen LogP contribution in [0.3, 0.4) is 0 Å². The lowest BCUT2D eigenvalue weighted by atomic mass is 10.1. The van der Waals surface area contributed by atoms with Crippen LogP contribution < -0.4 is 10.2 Å². The molecule has 1 saturated heterocycles. The second kappa shape index (κ2) is 6.04. The maximum absolute atomic E-state index is 5.84. The van der Waals surface area contributed by atoms with Gasteiger partial charge in [-0.3, -0.25) is 0 Å². The Hall–Kier alpha value is -0.580. The summed E-state index contributed by atoms with van der Waals surface area (Å²) in [6, 6.07) is 7.36. The van der Waals surface area contributed by atoms with Crippen LogP contribution in [-0.2, 0) is 11.3 Å². The number of benzene rings is 1.